The van der Waals surface area contributed by atoms with Crippen LogP contribution < -0.4 is 5.32 Å². The van der Waals surface area contributed by atoms with Crippen LogP contribution >= 0.6 is 0 Å². The summed E-state index contributed by atoms with van der Waals surface area (Å²) in [6, 6.07) is 0.846. The van der Waals surface area contributed by atoms with Crippen LogP contribution in [-0.4, -0.2) is 29.0 Å². The van der Waals surface area contributed by atoms with Gasteiger partial charge < -0.3 is 10.1 Å². The Morgan fingerprint density at radius 3 is 2.56 bits per heavy atom. The molecule has 0 saturated carbocycles. The van der Waals surface area contributed by atoms with Crippen LogP contribution in [0.4, 0.5) is 5.69 Å². The van der Waals surface area contributed by atoms with E-state index in [0.29, 0.717) is 18.0 Å². The molecule has 4 heteroatoms. The number of aromatic nitrogens is 2. The van der Waals surface area contributed by atoms with Crippen molar-refractivity contribution in [3.63, 3.8) is 0 Å². The van der Waals surface area contributed by atoms with Gasteiger partial charge in [0.2, 0.25) is 0 Å². The molecule has 1 aliphatic heterocycles. The minimum atomic E-state index is 0.407. The fourth-order valence-electron chi connectivity index (χ4n) is 2.67. The second-order valence-corrected chi connectivity index (χ2v) is 5.64. The highest BCUT2D eigenvalue weighted by atomic mass is 16.5. The molecule has 0 radical (unpaired) electrons. The second kappa shape index (κ2) is 5.31. The van der Waals surface area contributed by atoms with Crippen molar-refractivity contribution in [1.29, 1.82) is 0 Å². The average molecular weight is 251 g/mol. The second-order valence-electron chi connectivity index (χ2n) is 5.64. The maximum absolute atomic E-state index is 5.46. The van der Waals surface area contributed by atoms with Gasteiger partial charge in [-0.3, -0.25) is 4.68 Å². The zero-order valence-corrected chi connectivity index (χ0v) is 12.2. The van der Waals surface area contributed by atoms with Crippen LogP contribution in [0.2, 0.25) is 0 Å². The molecule has 0 spiro atoms. The Morgan fingerprint density at radius 1 is 1.33 bits per heavy atom. The summed E-state index contributed by atoms with van der Waals surface area (Å²) in [6.07, 6.45) is 1.16. The van der Waals surface area contributed by atoms with E-state index in [4.69, 9.17) is 4.74 Å². The molecule has 1 fully saturated rings. The number of nitrogens with one attached hydrogen (secondary N) is 1. The lowest BCUT2D eigenvalue weighted by molar-refractivity contribution is 0.183. The van der Waals surface area contributed by atoms with Crippen molar-refractivity contribution < 1.29 is 4.74 Å². The van der Waals surface area contributed by atoms with Crippen molar-refractivity contribution in [1.82, 2.24) is 9.78 Å². The molecule has 1 N–H and O–H groups in total. The Morgan fingerprint density at radius 2 is 2.06 bits per heavy atom. The number of hydrogen-bond donors (Lipinski definition) is 1. The van der Waals surface area contributed by atoms with Crippen molar-refractivity contribution in [3.05, 3.63) is 11.4 Å². The number of rotatable bonds is 4. The SMILES string of the molecule is Cc1nn(C(C)C)c(C)c1NC(C)C1CCOC1. The van der Waals surface area contributed by atoms with Gasteiger partial charge in [-0.05, 0) is 41.0 Å². The van der Waals surface area contributed by atoms with Gasteiger partial charge >= 0.3 is 0 Å². The largest absolute Gasteiger partial charge is 0.381 e. The predicted molar refractivity (Wildman–Crippen MR) is 74.1 cm³/mol. The molecule has 2 atom stereocenters. The first-order valence-electron chi connectivity index (χ1n) is 6.90. The lowest BCUT2D eigenvalue weighted by Crippen LogP contribution is -2.26. The summed E-state index contributed by atoms with van der Waals surface area (Å²) in [5.41, 5.74) is 3.52. The van der Waals surface area contributed by atoms with Crippen LogP contribution in [-0.2, 0) is 4.74 Å². The smallest absolute Gasteiger partial charge is 0.0828 e. The number of aryl methyl sites for hydroxylation is 1. The fourth-order valence-corrected chi connectivity index (χ4v) is 2.67. The molecular weight excluding hydrogens is 226 g/mol. The Bertz CT molecular complexity index is 405. The molecule has 1 saturated heterocycles. The third-order valence-corrected chi connectivity index (χ3v) is 3.86. The molecule has 4 nitrogen and oxygen atoms in total. The highest BCUT2D eigenvalue weighted by Gasteiger charge is 2.24. The van der Waals surface area contributed by atoms with Gasteiger partial charge in [-0.15, -0.1) is 0 Å². The first-order chi connectivity index (χ1) is 8.50. The molecular formula is C14H25N3O. The van der Waals surface area contributed by atoms with Gasteiger partial charge in [-0.25, -0.2) is 0 Å². The van der Waals surface area contributed by atoms with Gasteiger partial charge in [0.25, 0.3) is 0 Å². The third kappa shape index (κ3) is 2.53. The van der Waals surface area contributed by atoms with Crippen molar-refractivity contribution in [2.24, 2.45) is 5.92 Å². The van der Waals surface area contributed by atoms with E-state index in [1.807, 2.05) is 0 Å². The minimum Gasteiger partial charge on any atom is -0.381 e. The Kier molecular flexibility index (Phi) is 3.95. The molecule has 102 valence electrons. The minimum absolute atomic E-state index is 0.407. The van der Waals surface area contributed by atoms with Crippen LogP contribution in [0.15, 0.2) is 0 Å². The quantitative estimate of drug-likeness (QED) is 0.894. The average Bonchev–Trinajstić information content (AvgIpc) is 2.92. The van der Waals surface area contributed by atoms with Crippen LogP contribution in [0, 0.1) is 19.8 Å². The summed E-state index contributed by atoms with van der Waals surface area (Å²) in [4.78, 5) is 0. The van der Waals surface area contributed by atoms with Crippen LogP contribution in [0.3, 0.4) is 0 Å². The van der Waals surface area contributed by atoms with E-state index in [9.17, 15) is 0 Å². The van der Waals surface area contributed by atoms with E-state index in [1.165, 1.54) is 11.4 Å². The maximum atomic E-state index is 5.46. The molecule has 0 aromatic carbocycles. The molecule has 2 rings (SSSR count). The van der Waals surface area contributed by atoms with Crippen LogP contribution in [0.25, 0.3) is 0 Å². The Balaban J connectivity index is 2.13. The number of hydrogen-bond acceptors (Lipinski definition) is 3. The molecule has 0 bridgehead atoms. The summed E-state index contributed by atoms with van der Waals surface area (Å²) >= 11 is 0. The van der Waals surface area contributed by atoms with Gasteiger partial charge in [0.1, 0.15) is 0 Å². The predicted octanol–water partition coefficient (Wildman–Crippen LogP) is 2.92. The molecule has 0 aliphatic carbocycles. The van der Waals surface area contributed by atoms with Crippen molar-refractivity contribution >= 4 is 5.69 Å². The van der Waals surface area contributed by atoms with Crippen molar-refractivity contribution in [3.8, 4) is 0 Å². The standard InChI is InChI=1S/C14H25N3O/c1-9(2)17-12(5)14(11(4)16-17)15-10(3)13-6-7-18-8-13/h9-10,13,15H,6-8H2,1-5H3. The number of ether oxygens (including phenoxy) is 1. The van der Waals surface area contributed by atoms with Crippen LogP contribution in [0.1, 0.15) is 44.6 Å². The molecule has 1 aliphatic rings. The molecule has 18 heavy (non-hydrogen) atoms. The van der Waals surface area contributed by atoms with Gasteiger partial charge in [0.05, 0.1) is 23.7 Å². The molecule has 0 amide bonds. The van der Waals surface area contributed by atoms with Gasteiger partial charge in [-0.1, -0.05) is 0 Å². The van der Waals surface area contributed by atoms with E-state index in [1.54, 1.807) is 0 Å². The monoisotopic (exact) mass is 251 g/mol. The van der Waals surface area contributed by atoms with E-state index in [2.05, 4.69) is 49.7 Å². The summed E-state index contributed by atoms with van der Waals surface area (Å²) in [7, 11) is 0. The summed E-state index contributed by atoms with van der Waals surface area (Å²) in [5.74, 6) is 0.617. The van der Waals surface area contributed by atoms with Gasteiger partial charge in [0, 0.05) is 24.6 Å². The molecule has 1 aromatic rings. The van der Waals surface area contributed by atoms with E-state index < -0.39 is 0 Å². The maximum Gasteiger partial charge on any atom is 0.0828 e. The van der Waals surface area contributed by atoms with Crippen molar-refractivity contribution in [2.45, 2.75) is 53.1 Å². The fraction of sp³-hybridized carbons (Fsp3) is 0.786. The first-order valence-corrected chi connectivity index (χ1v) is 6.90. The topological polar surface area (TPSA) is 39.1 Å². The lowest BCUT2D eigenvalue weighted by Gasteiger charge is -2.21. The molecule has 2 unspecified atom stereocenters. The molecule has 1 aromatic heterocycles. The lowest BCUT2D eigenvalue weighted by atomic mass is 10.0. The van der Waals surface area contributed by atoms with E-state index in [0.717, 1.165) is 25.3 Å². The molecule has 2 heterocycles. The zero-order chi connectivity index (χ0) is 13.3. The summed E-state index contributed by atoms with van der Waals surface area (Å²) in [6.45, 7) is 12.6. The first kappa shape index (κ1) is 13.4. The summed E-state index contributed by atoms with van der Waals surface area (Å²) in [5, 5.41) is 8.24. The number of anilines is 1. The van der Waals surface area contributed by atoms with Gasteiger partial charge in [-0.2, -0.15) is 5.10 Å². The van der Waals surface area contributed by atoms with Gasteiger partial charge in [0.15, 0.2) is 0 Å². The Labute approximate surface area is 110 Å². The normalized spacial score (nSPS) is 21.6. The number of nitrogens with zero attached hydrogens (tertiary/aromatic N) is 2. The van der Waals surface area contributed by atoms with E-state index >= 15 is 0 Å². The summed E-state index contributed by atoms with van der Waals surface area (Å²) < 4.78 is 7.55. The van der Waals surface area contributed by atoms with Crippen LogP contribution in [0.5, 0.6) is 0 Å². The highest BCUT2D eigenvalue weighted by Crippen LogP contribution is 2.26. The highest BCUT2D eigenvalue weighted by molar-refractivity contribution is 5.53. The van der Waals surface area contributed by atoms with Crippen molar-refractivity contribution in [2.75, 3.05) is 18.5 Å². The van der Waals surface area contributed by atoms with E-state index in [-0.39, 0.29) is 0 Å². The Hall–Kier alpha value is -1.03. The third-order valence-electron chi connectivity index (χ3n) is 3.86. The zero-order valence-electron chi connectivity index (χ0n) is 12.2.